The van der Waals surface area contributed by atoms with Crippen LogP contribution in [0.4, 0.5) is 4.39 Å². The Morgan fingerprint density at radius 1 is 1.28 bits per heavy atom. The summed E-state index contributed by atoms with van der Waals surface area (Å²) in [6.07, 6.45) is -0.524. The zero-order chi connectivity index (χ0) is 13.0. The molecule has 0 aliphatic carbocycles. The number of methoxy groups -OCH3 is 1. The predicted octanol–water partition coefficient (Wildman–Crippen LogP) is 1.90. The Hall–Kier alpha value is -2.01. The van der Waals surface area contributed by atoms with E-state index in [1.54, 1.807) is 24.3 Å². The van der Waals surface area contributed by atoms with Gasteiger partial charge < -0.3 is 9.84 Å². The van der Waals surface area contributed by atoms with Crippen LogP contribution in [0.3, 0.4) is 0 Å². The van der Waals surface area contributed by atoms with Crippen molar-refractivity contribution in [1.29, 1.82) is 0 Å². The maximum absolute atomic E-state index is 13.0. The Labute approximate surface area is 104 Å². The molecule has 0 aliphatic rings. The molecule has 1 atom stereocenters. The van der Waals surface area contributed by atoms with Crippen molar-refractivity contribution in [3.8, 4) is 5.88 Å². The summed E-state index contributed by atoms with van der Waals surface area (Å²) in [7, 11) is 1.49. The van der Waals surface area contributed by atoms with Gasteiger partial charge in [-0.1, -0.05) is 12.1 Å². The van der Waals surface area contributed by atoms with Crippen molar-refractivity contribution < 1.29 is 14.2 Å². The van der Waals surface area contributed by atoms with E-state index in [4.69, 9.17) is 4.74 Å². The number of rotatable bonds is 4. The van der Waals surface area contributed by atoms with Gasteiger partial charge in [-0.3, -0.25) is 0 Å². The SMILES string of the molecule is COc1ccc(C(O)Cc2cccc(F)c2)nn1. The van der Waals surface area contributed by atoms with Gasteiger partial charge in [-0.15, -0.1) is 10.2 Å². The number of ether oxygens (including phenoxy) is 1. The fourth-order valence-corrected chi connectivity index (χ4v) is 1.61. The average molecular weight is 248 g/mol. The molecule has 1 heterocycles. The number of aliphatic hydroxyl groups excluding tert-OH is 1. The maximum atomic E-state index is 13.0. The second-order valence-electron chi connectivity index (χ2n) is 3.85. The first-order valence-electron chi connectivity index (χ1n) is 5.49. The van der Waals surface area contributed by atoms with E-state index < -0.39 is 6.10 Å². The Morgan fingerprint density at radius 3 is 2.72 bits per heavy atom. The molecule has 94 valence electrons. The van der Waals surface area contributed by atoms with Crippen LogP contribution in [0.5, 0.6) is 5.88 Å². The largest absolute Gasteiger partial charge is 0.480 e. The van der Waals surface area contributed by atoms with Gasteiger partial charge in [0.15, 0.2) is 0 Å². The normalized spacial score (nSPS) is 12.2. The van der Waals surface area contributed by atoms with Gasteiger partial charge in [0, 0.05) is 12.5 Å². The molecule has 0 amide bonds. The average Bonchev–Trinajstić information content (AvgIpc) is 2.39. The number of aromatic nitrogens is 2. The molecule has 5 heteroatoms. The monoisotopic (exact) mass is 248 g/mol. The molecule has 0 bridgehead atoms. The molecule has 0 aliphatic heterocycles. The Balaban J connectivity index is 2.09. The standard InChI is InChI=1S/C13H13FN2O2/c1-18-13-6-5-11(15-16-13)12(17)8-9-3-2-4-10(14)7-9/h2-7,12,17H,8H2,1H3. The highest BCUT2D eigenvalue weighted by molar-refractivity contribution is 5.20. The van der Waals surface area contributed by atoms with Crippen LogP contribution < -0.4 is 4.74 Å². The van der Waals surface area contributed by atoms with Crippen molar-refractivity contribution in [2.75, 3.05) is 7.11 Å². The molecule has 1 unspecified atom stereocenters. The second-order valence-corrected chi connectivity index (χ2v) is 3.85. The zero-order valence-electron chi connectivity index (χ0n) is 9.88. The third-order valence-electron chi connectivity index (χ3n) is 2.53. The lowest BCUT2D eigenvalue weighted by atomic mass is 10.1. The van der Waals surface area contributed by atoms with Crippen molar-refractivity contribution in [3.63, 3.8) is 0 Å². The molecule has 1 aromatic carbocycles. The second kappa shape index (κ2) is 5.55. The third kappa shape index (κ3) is 3.01. The van der Waals surface area contributed by atoms with Gasteiger partial charge >= 0.3 is 0 Å². The molecule has 0 saturated heterocycles. The van der Waals surface area contributed by atoms with Crippen molar-refractivity contribution in [3.05, 3.63) is 53.5 Å². The van der Waals surface area contributed by atoms with Crippen LogP contribution in [0.1, 0.15) is 17.4 Å². The summed E-state index contributed by atoms with van der Waals surface area (Å²) in [5.41, 5.74) is 1.14. The van der Waals surface area contributed by atoms with E-state index in [2.05, 4.69) is 10.2 Å². The van der Waals surface area contributed by atoms with E-state index in [0.29, 0.717) is 23.6 Å². The summed E-state index contributed by atoms with van der Waals surface area (Å²) in [4.78, 5) is 0. The Kier molecular flexibility index (Phi) is 3.84. The lowest BCUT2D eigenvalue weighted by Crippen LogP contribution is -2.06. The third-order valence-corrected chi connectivity index (χ3v) is 2.53. The van der Waals surface area contributed by atoms with Crippen LogP contribution in [-0.4, -0.2) is 22.4 Å². The van der Waals surface area contributed by atoms with Crippen molar-refractivity contribution in [2.24, 2.45) is 0 Å². The number of aliphatic hydroxyl groups is 1. The first-order valence-corrected chi connectivity index (χ1v) is 5.49. The first kappa shape index (κ1) is 12.4. The topological polar surface area (TPSA) is 55.2 Å². The van der Waals surface area contributed by atoms with Crippen LogP contribution >= 0.6 is 0 Å². The molecule has 0 saturated carbocycles. The lowest BCUT2D eigenvalue weighted by molar-refractivity contribution is 0.172. The van der Waals surface area contributed by atoms with E-state index in [0.717, 1.165) is 0 Å². The molecular weight excluding hydrogens is 235 g/mol. The van der Waals surface area contributed by atoms with Crippen molar-refractivity contribution in [2.45, 2.75) is 12.5 Å². The number of hydrogen-bond donors (Lipinski definition) is 1. The fraction of sp³-hybridized carbons (Fsp3) is 0.231. The summed E-state index contributed by atoms with van der Waals surface area (Å²) < 4.78 is 17.9. The summed E-state index contributed by atoms with van der Waals surface area (Å²) in [5.74, 6) is 0.0669. The molecule has 2 rings (SSSR count). The number of nitrogens with zero attached hydrogens (tertiary/aromatic N) is 2. The highest BCUT2D eigenvalue weighted by Crippen LogP contribution is 2.17. The molecule has 1 N–H and O–H groups in total. The fourth-order valence-electron chi connectivity index (χ4n) is 1.61. The van der Waals surface area contributed by atoms with Gasteiger partial charge in [0.1, 0.15) is 11.9 Å². The Morgan fingerprint density at radius 2 is 2.11 bits per heavy atom. The Bertz CT molecular complexity index is 517. The minimum atomic E-state index is -0.815. The summed E-state index contributed by atoms with van der Waals surface area (Å²) >= 11 is 0. The molecule has 0 radical (unpaired) electrons. The number of hydrogen-bond acceptors (Lipinski definition) is 4. The highest BCUT2D eigenvalue weighted by Gasteiger charge is 2.11. The maximum Gasteiger partial charge on any atom is 0.233 e. The van der Waals surface area contributed by atoms with Gasteiger partial charge in [0.25, 0.3) is 0 Å². The molecule has 2 aromatic rings. The predicted molar refractivity (Wildman–Crippen MR) is 63.6 cm³/mol. The number of halogens is 1. The van der Waals surface area contributed by atoms with Gasteiger partial charge in [-0.25, -0.2) is 4.39 Å². The van der Waals surface area contributed by atoms with Crippen LogP contribution in [-0.2, 0) is 6.42 Å². The van der Waals surface area contributed by atoms with E-state index in [1.165, 1.54) is 19.2 Å². The van der Waals surface area contributed by atoms with Crippen LogP contribution in [0.2, 0.25) is 0 Å². The van der Waals surface area contributed by atoms with Gasteiger partial charge in [0.2, 0.25) is 5.88 Å². The highest BCUT2D eigenvalue weighted by atomic mass is 19.1. The molecule has 0 spiro atoms. The minimum Gasteiger partial charge on any atom is -0.480 e. The smallest absolute Gasteiger partial charge is 0.233 e. The van der Waals surface area contributed by atoms with E-state index in [9.17, 15) is 9.50 Å². The van der Waals surface area contributed by atoms with Crippen LogP contribution in [0.15, 0.2) is 36.4 Å². The minimum absolute atomic E-state index is 0.290. The lowest BCUT2D eigenvalue weighted by Gasteiger charge is -2.09. The molecule has 18 heavy (non-hydrogen) atoms. The first-order chi connectivity index (χ1) is 8.69. The summed E-state index contributed by atoms with van der Waals surface area (Å²) in [5, 5.41) is 17.6. The number of benzene rings is 1. The van der Waals surface area contributed by atoms with E-state index in [1.807, 2.05) is 0 Å². The molecule has 1 aromatic heterocycles. The van der Waals surface area contributed by atoms with Crippen molar-refractivity contribution >= 4 is 0 Å². The summed E-state index contributed by atoms with van der Waals surface area (Å²) in [6, 6.07) is 9.37. The molecule has 4 nitrogen and oxygen atoms in total. The molecule has 0 fully saturated rings. The van der Waals surface area contributed by atoms with Crippen LogP contribution in [0.25, 0.3) is 0 Å². The van der Waals surface area contributed by atoms with Gasteiger partial charge in [-0.2, -0.15) is 0 Å². The quantitative estimate of drug-likeness (QED) is 0.897. The zero-order valence-corrected chi connectivity index (χ0v) is 9.88. The van der Waals surface area contributed by atoms with Gasteiger partial charge in [-0.05, 0) is 23.8 Å². The van der Waals surface area contributed by atoms with Crippen LogP contribution in [0, 0.1) is 5.82 Å². The van der Waals surface area contributed by atoms with E-state index in [-0.39, 0.29) is 5.82 Å². The van der Waals surface area contributed by atoms with E-state index >= 15 is 0 Å². The van der Waals surface area contributed by atoms with Gasteiger partial charge in [0.05, 0.1) is 12.8 Å². The van der Waals surface area contributed by atoms with Crippen molar-refractivity contribution in [1.82, 2.24) is 10.2 Å². The molecular formula is C13H13FN2O2. The summed E-state index contributed by atoms with van der Waals surface area (Å²) in [6.45, 7) is 0.